The van der Waals surface area contributed by atoms with E-state index in [1.807, 2.05) is 12.1 Å². The molecule has 0 bridgehead atoms. The molecule has 2 aromatic heterocycles. The van der Waals surface area contributed by atoms with Crippen molar-refractivity contribution in [1.82, 2.24) is 14.5 Å². The average Bonchev–Trinajstić information content (AvgIpc) is 3.34. The van der Waals surface area contributed by atoms with Crippen molar-refractivity contribution in [2.24, 2.45) is 0 Å². The molecule has 0 unspecified atom stereocenters. The Morgan fingerprint density at radius 3 is 1.44 bits per heavy atom. The van der Waals surface area contributed by atoms with E-state index in [9.17, 15) is 0 Å². The minimum absolute atomic E-state index is 0.730. The van der Waals surface area contributed by atoms with E-state index in [2.05, 4.69) is 133 Å². The second kappa shape index (κ2) is 9.70. The summed E-state index contributed by atoms with van der Waals surface area (Å²) in [6.45, 7) is 3.11. The van der Waals surface area contributed by atoms with E-state index in [-0.39, 0.29) is 0 Å². The molecule has 2 heterocycles. The van der Waals surface area contributed by atoms with Crippen molar-refractivity contribution >= 4 is 21.8 Å². The molecule has 0 aliphatic rings. The molecule has 0 atom stereocenters. The number of aromatic nitrogens is 3. The van der Waals surface area contributed by atoms with E-state index in [1.165, 1.54) is 32.9 Å². The van der Waals surface area contributed by atoms with E-state index >= 15 is 0 Å². The molecule has 0 amide bonds. The predicted octanol–water partition coefficient (Wildman–Crippen LogP) is 9.27. The van der Waals surface area contributed by atoms with Crippen LogP contribution in [0.5, 0.6) is 0 Å². The second-order valence-corrected chi connectivity index (χ2v) is 9.77. The molecule has 0 saturated carbocycles. The Bertz CT molecular complexity index is 1860. The molecule has 5 aromatic carbocycles. The lowest BCUT2D eigenvalue weighted by Gasteiger charge is -2.10. The first-order chi connectivity index (χ1) is 19.3. The van der Waals surface area contributed by atoms with E-state index < -0.39 is 0 Å². The highest BCUT2D eigenvalue weighted by Gasteiger charge is 2.15. The van der Waals surface area contributed by atoms with E-state index in [1.54, 1.807) is 0 Å². The third-order valence-electron chi connectivity index (χ3n) is 7.41. The number of aryl methyl sites for hydroxylation is 1. The van der Waals surface area contributed by atoms with Crippen molar-refractivity contribution in [2.75, 3.05) is 0 Å². The van der Waals surface area contributed by atoms with Crippen LogP contribution in [0.4, 0.5) is 0 Å². The highest BCUT2D eigenvalue weighted by Crippen LogP contribution is 2.35. The van der Waals surface area contributed by atoms with Crippen LogP contribution in [0, 0.1) is 0 Å². The van der Waals surface area contributed by atoms with Crippen molar-refractivity contribution < 1.29 is 0 Å². The highest BCUT2D eigenvalue weighted by molar-refractivity contribution is 6.10. The van der Waals surface area contributed by atoms with Gasteiger partial charge in [-0.15, -0.1) is 0 Å². The molecule has 3 heteroatoms. The first kappa shape index (κ1) is 23.1. The number of nitrogens with zero attached hydrogens (tertiary/aromatic N) is 3. The maximum Gasteiger partial charge on any atom is 0.160 e. The van der Waals surface area contributed by atoms with Gasteiger partial charge in [0.2, 0.25) is 0 Å². The Morgan fingerprint density at radius 2 is 0.923 bits per heavy atom. The van der Waals surface area contributed by atoms with E-state index in [0.717, 1.165) is 40.4 Å². The second-order valence-electron chi connectivity index (χ2n) is 9.77. The lowest BCUT2D eigenvalue weighted by atomic mass is 10.0. The first-order valence-corrected chi connectivity index (χ1v) is 13.4. The Labute approximate surface area is 228 Å². The van der Waals surface area contributed by atoms with Gasteiger partial charge >= 0.3 is 0 Å². The zero-order valence-electron chi connectivity index (χ0n) is 21.8. The number of hydrogen-bond donors (Lipinski definition) is 0. The summed E-state index contributed by atoms with van der Waals surface area (Å²) in [4.78, 5) is 10.1. The van der Waals surface area contributed by atoms with Gasteiger partial charge < -0.3 is 4.57 Å². The molecule has 0 fully saturated rings. The minimum Gasteiger partial charge on any atom is -0.341 e. The summed E-state index contributed by atoms with van der Waals surface area (Å²) in [5.74, 6) is 0.730. The van der Waals surface area contributed by atoms with Gasteiger partial charge in [-0.05, 0) is 54.4 Å². The quantitative estimate of drug-likeness (QED) is 0.235. The fraction of sp³-hybridized carbons (Fsp3) is 0.0556. The minimum atomic E-state index is 0.730. The van der Waals surface area contributed by atoms with Crippen LogP contribution in [-0.4, -0.2) is 14.5 Å². The molecule has 0 radical (unpaired) electrons. The molecule has 7 aromatic rings. The number of rotatable bonds is 5. The maximum absolute atomic E-state index is 5.06. The lowest BCUT2D eigenvalue weighted by molar-refractivity contribution is 0.827. The van der Waals surface area contributed by atoms with Crippen LogP contribution in [0.1, 0.15) is 6.92 Å². The van der Waals surface area contributed by atoms with Crippen LogP contribution < -0.4 is 0 Å². The van der Waals surface area contributed by atoms with Crippen molar-refractivity contribution in [3.63, 3.8) is 0 Å². The molecule has 0 spiro atoms. The van der Waals surface area contributed by atoms with E-state index in [4.69, 9.17) is 9.97 Å². The van der Waals surface area contributed by atoms with Gasteiger partial charge in [-0.25, -0.2) is 9.97 Å². The van der Waals surface area contributed by atoms with Gasteiger partial charge in [-0.3, -0.25) is 0 Å². The maximum atomic E-state index is 5.06. The van der Waals surface area contributed by atoms with Crippen LogP contribution in [0.2, 0.25) is 0 Å². The lowest BCUT2D eigenvalue weighted by Crippen LogP contribution is -1.96. The Balaban J connectivity index is 1.44. The summed E-state index contributed by atoms with van der Waals surface area (Å²) in [5, 5.41) is 2.47. The largest absolute Gasteiger partial charge is 0.341 e. The van der Waals surface area contributed by atoms with Gasteiger partial charge in [-0.1, -0.05) is 97.1 Å². The summed E-state index contributed by atoms with van der Waals surface area (Å²) < 4.78 is 2.39. The van der Waals surface area contributed by atoms with Gasteiger partial charge in [0.1, 0.15) is 0 Å². The van der Waals surface area contributed by atoms with Crippen molar-refractivity contribution in [3.8, 4) is 45.0 Å². The zero-order chi connectivity index (χ0) is 26.2. The molecule has 0 saturated heterocycles. The third-order valence-corrected chi connectivity index (χ3v) is 7.41. The van der Waals surface area contributed by atoms with Gasteiger partial charge in [0.15, 0.2) is 5.82 Å². The monoisotopic (exact) mass is 501 g/mol. The molecular weight excluding hydrogens is 474 g/mol. The van der Waals surface area contributed by atoms with Gasteiger partial charge in [0, 0.05) is 45.0 Å². The molecule has 39 heavy (non-hydrogen) atoms. The Hall–Kier alpha value is -5.02. The molecule has 0 aliphatic carbocycles. The summed E-state index contributed by atoms with van der Waals surface area (Å²) in [6.07, 6.45) is 0. The van der Waals surface area contributed by atoms with Crippen molar-refractivity contribution in [3.05, 3.63) is 133 Å². The highest BCUT2D eigenvalue weighted by atomic mass is 15.0. The molecule has 0 aliphatic heterocycles. The van der Waals surface area contributed by atoms with Crippen molar-refractivity contribution in [2.45, 2.75) is 13.5 Å². The molecular formula is C36H27N3. The molecule has 0 N–H and O–H groups in total. The average molecular weight is 502 g/mol. The molecule has 3 nitrogen and oxygen atoms in total. The van der Waals surface area contributed by atoms with Crippen LogP contribution in [0.25, 0.3) is 66.8 Å². The number of benzene rings is 5. The van der Waals surface area contributed by atoms with E-state index in [0.29, 0.717) is 0 Å². The van der Waals surface area contributed by atoms with Crippen LogP contribution in [0.15, 0.2) is 133 Å². The molecule has 186 valence electrons. The smallest absolute Gasteiger partial charge is 0.160 e. The third kappa shape index (κ3) is 4.18. The van der Waals surface area contributed by atoms with Gasteiger partial charge in [0.25, 0.3) is 0 Å². The van der Waals surface area contributed by atoms with Crippen LogP contribution >= 0.6 is 0 Å². The van der Waals surface area contributed by atoms with Gasteiger partial charge in [0.05, 0.1) is 11.4 Å². The number of fused-ring (bicyclic) bond motifs is 3. The Kier molecular flexibility index (Phi) is 5.75. The summed E-state index contributed by atoms with van der Waals surface area (Å²) in [6, 6.07) is 46.8. The SMILES string of the molecule is CCn1c2ccc(-c3ccccc3)cc2c2cc(-c3nc(-c4ccccc4)cc(-c4ccccc4)n3)ccc21. The van der Waals surface area contributed by atoms with Gasteiger partial charge in [-0.2, -0.15) is 0 Å². The first-order valence-electron chi connectivity index (χ1n) is 13.4. The fourth-order valence-corrected chi connectivity index (χ4v) is 5.48. The summed E-state index contributed by atoms with van der Waals surface area (Å²) in [5.41, 5.74) is 9.92. The topological polar surface area (TPSA) is 30.7 Å². The predicted molar refractivity (Wildman–Crippen MR) is 162 cm³/mol. The zero-order valence-corrected chi connectivity index (χ0v) is 21.8. The summed E-state index contributed by atoms with van der Waals surface area (Å²) >= 11 is 0. The standard InChI is InChI=1S/C36H27N3/c1-2-39-34-20-18-28(25-12-6-3-7-13-25)22-30(34)31-23-29(19-21-35(31)39)36-37-32(26-14-8-4-9-15-26)24-33(38-36)27-16-10-5-11-17-27/h3-24H,2H2,1H3. The van der Waals surface area contributed by atoms with Crippen LogP contribution in [-0.2, 0) is 6.54 Å². The number of hydrogen-bond acceptors (Lipinski definition) is 2. The fourth-order valence-electron chi connectivity index (χ4n) is 5.48. The van der Waals surface area contributed by atoms with Crippen LogP contribution in [0.3, 0.4) is 0 Å². The normalized spacial score (nSPS) is 11.3. The van der Waals surface area contributed by atoms with Crippen molar-refractivity contribution in [1.29, 1.82) is 0 Å². The summed E-state index contributed by atoms with van der Waals surface area (Å²) in [7, 11) is 0. The Morgan fingerprint density at radius 1 is 0.462 bits per heavy atom. The molecule has 7 rings (SSSR count).